The van der Waals surface area contributed by atoms with Gasteiger partial charge in [0.25, 0.3) is 0 Å². The molecule has 8 heteroatoms. The molecule has 0 saturated carbocycles. The number of hydrogen-bond donors (Lipinski definition) is 1. The first kappa shape index (κ1) is 23.4. The summed E-state index contributed by atoms with van der Waals surface area (Å²) in [6.07, 6.45) is -0.958. The van der Waals surface area contributed by atoms with Crippen LogP contribution in [0.15, 0.2) is 60.7 Å². The quantitative estimate of drug-likeness (QED) is 0.285. The fraction of sp³-hybridized carbons (Fsp3) is 0.231. The van der Waals surface area contributed by atoms with Crippen LogP contribution >= 0.6 is 11.3 Å². The lowest BCUT2D eigenvalue weighted by Crippen LogP contribution is -2.24. The molecule has 1 amide bonds. The monoisotopic (exact) mass is 475 g/mol. The molecule has 4 rings (SSSR count). The molecule has 0 spiro atoms. The fourth-order valence-corrected chi connectivity index (χ4v) is 4.47. The third-order valence-corrected chi connectivity index (χ3v) is 6.45. The minimum absolute atomic E-state index is 0.102. The van der Waals surface area contributed by atoms with E-state index in [1.165, 1.54) is 11.3 Å². The smallest absolute Gasteiger partial charge is 0.349 e. The van der Waals surface area contributed by atoms with E-state index in [4.69, 9.17) is 4.74 Å². The molecule has 0 aliphatic heterocycles. The maximum absolute atomic E-state index is 12.8. The number of rotatable bonds is 7. The Hall–Kier alpha value is -3.78. The lowest BCUT2D eigenvalue weighted by Gasteiger charge is -2.12. The highest BCUT2D eigenvalue weighted by atomic mass is 32.1. The van der Waals surface area contributed by atoms with Gasteiger partial charge in [0.05, 0.1) is 11.4 Å². The number of benzene rings is 2. The number of ketones is 1. The van der Waals surface area contributed by atoms with Crippen LogP contribution in [-0.4, -0.2) is 33.5 Å². The molecule has 0 saturated heterocycles. The van der Waals surface area contributed by atoms with Gasteiger partial charge in [0.15, 0.2) is 6.10 Å². The fourth-order valence-electron chi connectivity index (χ4n) is 3.40. The first-order valence-electron chi connectivity index (χ1n) is 11.0. The molecule has 2 aromatic heterocycles. The number of aryl methyl sites for hydroxylation is 1. The molecule has 0 aliphatic carbocycles. The molecule has 0 fully saturated rings. The Labute approximate surface area is 201 Å². The number of aromatic nitrogens is 2. The van der Waals surface area contributed by atoms with Crippen molar-refractivity contribution in [3.63, 3.8) is 0 Å². The summed E-state index contributed by atoms with van der Waals surface area (Å²) in [5, 5.41) is 8.23. The minimum Gasteiger partial charge on any atom is -0.450 e. The summed E-state index contributed by atoms with van der Waals surface area (Å²) in [5.74, 6) is -1.12. The van der Waals surface area contributed by atoms with Crippen molar-refractivity contribution in [1.29, 1.82) is 0 Å². The van der Waals surface area contributed by atoms with Crippen molar-refractivity contribution < 1.29 is 19.1 Å². The van der Waals surface area contributed by atoms with Gasteiger partial charge >= 0.3 is 5.97 Å². The van der Waals surface area contributed by atoms with Crippen LogP contribution in [0.25, 0.3) is 15.9 Å². The zero-order valence-electron chi connectivity index (χ0n) is 19.4. The molecule has 2 heterocycles. The Morgan fingerprint density at radius 1 is 1.00 bits per heavy atom. The molecule has 1 N–H and O–H groups in total. The lowest BCUT2D eigenvalue weighted by molar-refractivity contribution is -0.118. The molecule has 1 unspecified atom stereocenters. The van der Waals surface area contributed by atoms with Crippen molar-refractivity contribution in [2.45, 2.75) is 33.8 Å². The summed E-state index contributed by atoms with van der Waals surface area (Å²) in [6, 6.07) is 18.0. The van der Waals surface area contributed by atoms with E-state index >= 15 is 0 Å². The van der Waals surface area contributed by atoms with Gasteiger partial charge in [-0.2, -0.15) is 5.10 Å². The molecule has 2 aromatic carbocycles. The maximum Gasteiger partial charge on any atom is 0.349 e. The van der Waals surface area contributed by atoms with E-state index in [0.29, 0.717) is 16.1 Å². The zero-order chi connectivity index (χ0) is 24.4. The standard InChI is InChI=1S/C26H25N3O4S/c1-15(2)24(31)27-19-12-10-18(11-13-19)23(30)17(4)33-26(32)22-14-21-16(3)28-29(25(21)34-22)20-8-6-5-7-9-20/h5-15,17H,1-4H3,(H,27,31). The van der Waals surface area contributed by atoms with Gasteiger partial charge in [0, 0.05) is 22.6 Å². The van der Waals surface area contributed by atoms with Gasteiger partial charge in [-0.1, -0.05) is 32.0 Å². The molecule has 34 heavy (non-hydrogen) atoms. The lowest BCUT2D eigenvalue weighted by atomic mass is 10.1. The highest BCUT2D eigenvalue weighted by Crippen LogP contribution is 2.31. The summed E-state index contributed by atoms with van der Waals surface area (Å²) in [7, 11) is 0. The predicted octanol–water partition coefficient (Wildman–Crippen LogP) is 5.42. The highest BCUT2D eigenvalue weighted by molar-refractivity contribution is 7.20. The van der Waals surface area contributed by atoms with E-state index in [1.807, 2.05) is 37.3 Å². The topological polar surface area (TPSA) is 90.3 Å². The van der Waals surface area contributed by atoms with E-state index in [9.17, 15) is 14.4 Å². The average molecular weight is 476 g/mol. The largest absolute Gasteiger partial charge is 0.450 e. The SMILES string of the molecule is Cc1nn(-c2ccccc2)c2sc(C(=O)OC(C)C(=O)c3ccc(NC(=O)C(C)C)cc3)cc12. The molecule has 0 bridgehead atoms. The molecule has 4 aromatic rings. The number of ether oxygens (including phenoxy) is 1. The summed E-state index contributed by atoms with van der Waals surface area (Å²) in [5.41, 5.74) is 2.71. The Kier molecular flexibility index (Phi) is 6.61. The van der Waals surface area contributed by atoms with Crippen molar-refractivity contribution in [3.8, 4) is 5.69 Å². The van der Waals surface area contributed by atoms with Crippen LogP contribution in [0, 0.1) is 12.8 Å². The number of carbonyl (C=O) groups is 3. The summed E-state index contributed by atoms with van der Waals surface area (Å²) in [6.45, 7) is 7.06. The maximum atomic E-state index is 12.8. The second-order valence-electron chi connectivity index (χ2n) is 8.30. The first-order valence-corrected chi connectivity index (χ1v) is 11.8. The predicted molar refractivity (Wildman–Crippen MR) is 133 cm³/mol. The van der Waals surface area contributed by atoms with Crippen LogP contribution in [0.4, 0.5) is 5.69 Å². The Bertz CT molecular complexity index is 1350. The Morgan fingerprint density at radius 2 is 1.68 bits per heavy atom. The number of amides is 1. The van der Waals surface area contributed by atoms with Crippen molar-refractivity contribution >= 4 is 44.9 Å². The van der Waals surface area contributed by atoms with Gasteiger partial charge in [-0.05, 0) is 56.3 Å². The summed E-state index contributed by atoms with van der Waals surface area (Å²) in [4.78, 5) is 38.7. The van der Waals surface area contributed by atoms with Gasteiger partial charge in [-0.25, -0.2) is 9.48 Å². The zero-order valence-corrected chi connectivity index (χ0v) is 20.2. The van der Waals surface area contributed by atoms with Crippen molar-refractivity contribution in [2.75, 3.05) is 5.32 Å². The van der Waals surface area contributed by atoms with Gasteiger partial charge in [0.1, 0.15) is 9.71 Å². The van der Waals surface area contributed by atoms with Crippen LogP contribution in [0.3, 0.4) is 0 Å². The van der Waals surface area contributed by atoms with Crippen LogP contribution in [0.5, 0.6) is 0 Å². The van der Waals surface area contributed by atoms with E-state index in [2.05, 4.69) is 10.4 Å². The third kappa shape index (κ3) is 4.77. The molecular weight excluding hydrogens is 450 g/mol. The number of esters is 1. The molecule has 0 aliphatic rings. The van der Waals surface area contributed by atoms with E-state index in [1.54, 1.807) is 55.8 Å². The van der Waals surface area contributed by atoms with Crippen LogP contribution in [0.2, 0.25) is 0 Å². The number of hydrogen-bond acceptors (Lipinski definition) is 6. The Balaban J connectivity index is 1.47. The second kappa shape index (κ2) is 9.61. The number of nitrogens with one attached hydrogen (secondary N) is 1. The normalized spacial score (nSPS) is 12.0. The molecule has 0 radical (unpaired) electrons. The van der Waals surface area contributed by atoms with Crippen LogP contribution in [-0.2, 0) is 9.53 Å². The molecular formula is C26H25N3O4S. The average Bonchev–Trinajstić information content (AvgIpc) is 3.40. The summed E-state index contributed by atoms with van der Waals surface area (Å²) >= 11 is 1.28. The number of para-hydroxylation sites is 1. The number of Topliss-reactive ketones (excluding diaryl/α,β-unsaturated/α-hetero) is 1. The van der Waals surface area contributed by atoms with Crippen LogP contribution < -0.4 is 5.32 Å². The second-order valence-corrected chi connectivity index (χ2v) is 9.33. The summed E-state index contributed by atoms with van der Waals surface area (Å²) < 4.78 is 7.29. The van der Waals surface area contributed by atoms with Gasteiger partial charge in [0.2, 0.25) is 11.7 Å². The molecule has 174 valence electrons. The number of thiophene rings is 1. The molecule has 7 nitrogen and oxygen atoms in total. The Morgan fingerprint density at radius 3 is 2.32 bits per heavy atom. The number of carbonyl (C=O) groups excluding carboxylic acids is 3. The van der Waals surface area contributed by atoms with Crippen molar-refractivity contribution in [3.05, 3.63) is 76.8 Å². The van der Waals surface area contributed by atoms with Crippen LogP contribution in [0.1, 0.15) is 46.5 Å². The number of nitrogens with zero attached hydrogens (tertiary/aromatic N) is 2. The number of fused-ring (bicyclic) bond motifs is 1. The third-order valence-electron chi connectivity index (χ3n) is 5.36. The van der Waals surface area contributed by atoms with Gasteiger partial charge in [-0.15, -0.1) is 11.3 Å². The minimum atomic E-state index is -0.958. The van der Waals surface area contributed by atoms with Crippen molar-refractivity contribution in [2.24, 2.45) is 5.92 Å². The van der Waals surface area contributed by atoms with E-state index < -0.39 is 12.1 Å². The highest BCUT2D eigenvalue weighted by Gasteiger charge is 2.23. The van der Waals surface area contributed by atoms with Crippen molar-refractivity contribution in [1.82, 2.24) is 9.78 Å². The van der Waals surface area contributed by atoms with E-state index in [-0.39, 0.29) is 17.6 Å². The van der Waals surface area contributed by atoms with E-state index in [0.717, 1.165) is 21.6 Å². The first-order chi connectivity index (χ1) is 16.2. The number of anilines is 1. The van der Waals surface area contributed by atoms with Gasteiger partial charge < -0.3 is 10.1 Å². The van der Waals surface area contributed by atoms with Gasteiger partial charge in [-0.3, -0.25) is 9.59 Å². The molecule has 1 atom stereocenters.